The zero-order valence-corrected chi connectivity index (χ0v) is 16.0. The topological polar surface area (TPSA) is 49.8 Å². The number of ether oxygens (including phenoxy) is 1. The van der Waals surface area contributed by atoms with Crippen molar-refractivity contribution in [3.63, 3.8) is 0 Å². The number of aryl methyl sites for hydroxylation is 2. The van der Waals surface area contributed by atoms with Crippen molar-refractivity contribution in [1.29, 1.82) is 0 Å². The van der Waals surface area contributed by atoms with Gasteiger partial charge in [0.15, 0.2) is 0 Å². The normalized spacial score (nSPS) is 26.9. The van der Waals surface area contributed by atoms with Gasteiger partial charge in [-0.3, -0.25) is 0 Å². The SMILES string of the molecule is Cc1cccc(C)c1C1(O)CC2CCC(C1)N2C(=O)OCc1ccccc1. The fourth-order valence-corrected chi connectivity index (χ4v) is 5.07. The summed E-state index contributed by atoms with van der Waals surface area (Å²) >= 11 is 0. The van der Waals surface area contributed by atoms with E-state index < -0.39 is 5.60 Å². The average molecular weight is 365 g/mol. The van der Waals surface area contributed by atoms with Gasteiger partial charge in [0.2, 0.25) is 0 Å². The van der Waals surface area contributed by atoms with Crippen LogP contribution in [-0.4, -0.2) is 28.2 Å². The van der Waals surface area contributed by atoms with E-state index in [0.29, 0.717) is 12.8 Å². The molecular weight excluding hydrogens is 338 g/mol. The second-order valence-electron chi connectivity index (χ2n) is 8.04. The summed E-state index contributed by atoms with van der Waals surface area (Å²) in [5.41, 5.74) is 3.41. The molecule has 2 unspecified atom stereocenters. The lowest BCUT2D eigenvalue weighted by molar-refractivity contribution is -0.0543. The Labute approximate surface area is 160 Å². The summed E-state index contributed by atoms with van der Waals surface area (Å²) in [6, 6.07) is 16.0. The Morgan fingerprint density at radius 3 is 2.22 bits per heavy atom. The van der Waals surface area contributed by atoms with E-state index in [1.807, 2.05) is 41.3 Å². The van der Waals surface area contributed by atoms with Crippen molar-refractivity contribution in [2.75, 3.05) is 0 Å². The summed E-state index contributed by atoms with van der Waals surface area (Å²) in [5, 5.41) is 11.5. The molecule has 142 valence electrons. The third-order valence-corrected chi connectivity index (χ3v) is 6.13. The highest BCUT2D eigenvalue weighted by atomic mass is 16.6. The highest BCUT2D eigenvalue weighted by molar-refractivity contribution is 5.69. The zero-order chi connectivity index (χ0) is 19.0. The molecule has 4 heteroatoms. The number of carbonyl (C=O) groups excluding carboxylic acids is 1. The molecule has 4 rings (SSSR count). The summed E-state index contributed by atoms with van der Waals surface area (Å²) in [4.78, 5) is 14.6. The van der Waals surface area contributed by atoms with Crippen molar-refractivity contribution < 1.29 is 14.6 Å². The van der Waals surface area contributed by atoms with Crippen LogP contribution in [0.4, 0.5) is 4.79 Å². The van der Waals surface area contributed by atoms with Crippen LogP contribution in [0.3, 0.4) is 0 Å². The molecule has 0 radical (unpaired) electrons. The van der Waals surface area contributed by atoms with E-state index in [2.05, 4.69) is 26.0 Å². The number of hydrogen-bond donors (Lipinski definition) is 1. The van der Waals surface area contributed by atoms with E-state index >= 15 is 0 Å². The molecule has 4 nitrogen and oxygen atoms in total. The molecule has 2 aliphatic heterocycles. The first-order valence-electron chi connectivity index (χ1n) is 9.76. The zero-order valence-electron chi connectivity index (χ0n) is 16.0. The molecule has 2 saturated heterocycles. The fourth-order valence-electron chi connectivity index (χ4n) is 5.07. The molecule has 0 spiro atoms. The van der Waals surface area contributed by atoms with E-state index in [4.69, 9.17) is 4.74 Å². The Hall–Kier alpha value is -2.33. The molecule has 2 bridgehead atoms. The minimum Gasteiger partial charge on any atom is -0.445 e. The molecular formula is C23H27NO3. The maximum atomic E-state index is 12.7. The largest absolute Gasteiger partial charge is 0.445 e. The van der Waals surface area contributed by atoms with E-state index in [1.54, 1.807) is 0 Å². The van der Waals surface area contributed by atoms with Crippen molar-refractivity contribution in [3.8, 4) is 0 Å². The van der Waals surface area contributed by atoms with Crippen LogP contribution < -0.4 is 0 Å². The molecule has 27 heavy (non-hydrogen) atoms. The minimum atomic E-state index is -0.864. The molecule has 2 aromatic rings. The number of fused-ring (bicyclic) bond motifs is 2. The monoisotopic (exact) mass is 365 g/mol. The fraction of sp³-hybridized carbons (Fsp3) is 0.435. The van der Waals surface area contributed by atoms with Gasteiger partial charge >= 0.3 is 6.09 Å². The molecule has 1 N–H and O–H groups in total. The van der Waals surface area contributed by atoms with Crippen molar-refractivity contribution in [2.45, 2.75) is 63.8 Å². The molecule has 1 amide bonds. The number of amides is 1. The predicted octanol–water partition coefficient (Wildman–Crippen LogP) is 4.45. The van der Waals surface area contributed by atoms with Gasteiger partial charge in [-0.1, -0.05) is 48.5 Å². The number of nitrogens with zero attached hydrogens (tertiary/aromatic N) is 1. The van der Waals surface area contributed by atoms with Gasteiger partial charge in [-0.05, 0) is 48.9 Å². The van der Waals surface area contributed by atoms with Crippen LogP contribution in [0.25, 0.3) is 0 Å². The van der Waals surface area contributed by atoms with Crippen LogP contribution in [0.1, 0.15) is 47.9 Å². The van der Waals surface area contributed by atoms with E-state index in [1.165, 1.54) is 0 Å². The molecule has 2 heterocycles. The summed E-state index contributed by atoms with van der Waals surface area (Å²) in [6.07, 6.45) is 2.76. The van der Waals surface area contributed by atoms with E-state index in [9.17, 15) is 9.90 Å². The standard InChI is InChI=1S/C23H27NO3/c1-16-7-6-8-17(2)21(16)23(26)13-19-11-12-20(14-23)24(19)22(25)27-15-18-9-4-3-5-10-18/h3-10,19-20,26H,11-15H2,1-2H3. The molecule has 2 atom stereocenters. The molecule has 0 aromatic heterocycles. The number of aliphatic hydroxyl groups is 1. The summed E-state index contributed by atoms with van der Waals surface area (Å²) in [5.74, 6) is 0. The number of benzene rings is 2. The van der Waals surface area contributed by atoms with E-state index in [0.717, 1.165) is 35.1 Å². The van der Waals surface area contributed by atoms with E-state index in [-0.39, 0.29) is 24.8 Å². The van der Waals surface area contributed by atoms with Crippen LogP contribution in [0.15, 0.2) is 48.5 Å². The third kappa shape index (κ3) is 3.34. The van der Waals surface area contributed by atoms with Crippen LogP contribution >= 0.6 is 0 Å². The lowest BCUT2D eigenvalue weighted by atomic mass is 9.77. The molecule has 0 aliphatic carbocycles. The molecule has 0 saturated carbocycles. The van der Waals surface area contributed by atoms with Crippen molar-refractivity contribution >= 4 is 6.09 Å². The minimum absolute atomic E-state index is 0.0380. The summed E-state index contributed by atoms with van der Waals surface area (Å²) in [7, 11) is 0. The Bertz CT molecular complexity index is 799. The second-order valence-corrected chi connectivity index (χ2v) is 8.04. The molecule has 2 fully saturated rings. The van der Waals surface area contributed by atoms with Crippen LogP contribution in [0, 0.1) is 13.8 Å². The summed E-state index contributed by atoms with van der Waals surface area (Å²) < 4.78 is 5.58. The predicted molar refractivity (Wildman–Crippen MR) is 104 cm³/mol. The average Bonchev–Trinajstić information content (AvgIpc) is 2.93. The van der Waals surface area contributed by atoms with Gasteiger partial charge in [-0.15, -0.1) is 0 Å². The Balaban J connectivity index is 1.50. The van der Waals surface area contributed by atoms with Gasteiger partial charge in [-0.25, -0.2) is 4.79 Å². The maximum absolute atomic E-state index is 12.7. The van der Waals surface area contributed by atoms with Crippen molar-refractivity contribution in [3.05, 3.63) is 70.8 Å². The first-order valence-corrected chi connectivity index (χ1v) is 9.76. The first kappa shape index (κ1) is 18.1. The van der Waals surface area contributed by atoms with Gasteiger partial charge in [-0.2, -0.15) is 0 Å². The van der Waals surface area contributed by atoms with Crippen LogP contribution in [-0.2, 0) is 16.9 Å². The number of rotatable bonds is 3. The second kappa shape index (κ2) is 7.01. The van der Waals surface area contributed by atoms with Crippen molar-refractivity contribution in [2.24, 2.45) is 0 Å². The van der Waals surface area contributed by atoms with Gasteiger partial charge < -0.3 is 14.7 Å². The van der Waals surface area contributed by atoms with Gasteiger partial charge in [0.25, 0.3) is 0 Å². The van der Waals surface area contributed by atoms with Crippen molar-refractivity contribution in [1.82, 2.24) is 4.90 Å². The maximum Gasteiger partial charge on any atom is 0.410 e. The van der Waals surface area contributed by atoms with Gasteiger partial charge in [0.1, 0.15) is 6.61 Å². The number of piperidine rings is 1. The lowest BCUT2D eigenvalue weighted by Crippen LogP contribution is -2.52. The molecule has 2 aromatic carbocycles. The highest BCUT2D eigenvalue weighted by Crippen LogP contribution is 2.47. The number of carbonyl (C=O) groups is 1. The Morgan fingerprint density at radius 2 is 1.63 bits per heavy atom. The Kier molecular flexibility index (Phi) is 4.68. The molecule has 2 aliphatic rings. The smallest absolute Gasteiger partial charge is 0.410 e. The van der Waals surface area contributed by atoms with Gasteiger partial charge in [0.05, 0.1) is 5.60 Å². The first-order chi connectivity index (χ1) is 13.0. The van der Waals surface area contributed by atoms with Crippen LogP contribution in [0.2, 0.25) is 0 Å². The summed E-state index contributed by atoms with van der Waals surface area (Å²) in [6.45, 7) is 4.40. The highest BCUT2D eigenvalue weighted by Gasteiger charge is 2.51. The lowest BCUT2D eigenvalue weighted by Gasteiger charge is -2.44. The van der Waals surface area contributed by atoms with Crippen LogP contribution in [0.5, 0.6) is 0 Å². The third-order valence-electron chi connectivity index (χ3n) is 6.13. The Morgan fingerprint density at radius 1 is 1.04 bits per heavy atom. The quantitative estimate of drug-likeness (QED) is 0.874. The number of hydrogen-bond acceptors (Lipinski definition) is 3. The van der Waals surface area contributed by atoms with Gasteiger partial charge in [0, 0.05) is 24.9 Å².